The summed E-state index contributed by atoms with van der Waals surface area (Å²) < 4.78 is 13.4. The average Bonchev–Trinajstić information content (AvgIpc) is 3.96. The maximum Gasteiger partial charge on any atom is 0.219 e. The van der Waals surface area contributed by atoms with E-state index in [4.69, 9.17) is 14.7 Å². The van der Waals surface area contributed by atoms with E-state index in [-0.39, 0.29) is 0 Å². The second kappa shape index (κ2) is 13.0. The molecular weight excluding hydrogens is 687 g/mol. The van der Waals surface area contributed by atoms with E-state index in [0.29, 0.717) is 0 Å². The lowest BCUT2D eigenvalue weighted by atomic mass is 9.96. The van der Waals surface area contributed by atoms with Crippen LogP contribution in [0.4, 0.5) is 0 Å². The fourth-order valence-electron chi connectivity index (χ4n) is 8.25. The average molecular weight is 720 g/mol. The summed E-state index contributed by atoms with van der Waals surface area (Å²) >= 11 is 0. The van der Waals surface area contributed by atoms with Gasteiger partial charge in [0, 0.05) is 63.4 Å². The predicted molar refractivity (Wildman–Crippen MR) is 227 cm³/mol. The molecule has 0 saturated heterocycles. The first-order chi connectivity index (χ1) is 27.8. The van der Waals surface area contributed by atoms with Crippen molar-refractivity contribution in [2.24, 2.45) is 0 Å². The second-order valence-electron chi connectivity index (χ2n) is 13.9. The lowest BCUT2D eigenvalue weighted by molar-refractivity contribution is 0.483. The molecule has 4 heterocycles. The summed E-state index contributed by atoms with van der Waals surface area (Å²) in [5.74, 6) is 2.25. The highest BCUT2D eigenvalue weighted by Crippen LogP contribution is 2.40. The van der Waals surface area contributed by atoms with Gasteiger partial charge in [0.2, 0.25) is 5.95 Å². The minimum absolute atomic E-state index is 0.729. The molecule has 11 aromatic rings. The van der Waals surface area contributed by atoms with E-state index < -0.39 is 0 Å². The van der Waals surface area contributed by atoms with Crippen LogP contribution in [-0.4, -0.2) is 23.7 Å². The Kier molecular flexibility index (Phi) is 7.38. The van der Waals surface area contributed by atoms with Gasteiger partial charge in [-0.05, 0) is 59.7 Å². The molecule has 7 aromatic carbocycles. The van der Waals surface area contributed by atoms with Crippen LogP contribution in [0.1, 0.15) is 0 Å². The molecule has 56 heavy (non-hydrogen) atoms. The molecule has 11 rings (SSSR count). The summed E-state index contributed by atoms with van der Waals surface area (Å²) in [6.07, 6.45) is 5.81. The SMILES string of the molecule is c1ccc(-c2cccc(-c3ccccc3)c2-n2ccnc2-n2c3ccccc3c3ccc(Oc4cccc(-n5c6ccccc6c6cccnc65)c4)cc32)cc1. The summed E-state index contributed by atoms with van der Waals surface area (Å²) in [5, 5.41) is 4.55. The first-order valence-electron chi connectivity index (χ1n) is 18.7. The van der Waals surface area contributed by atoms with E-state index >= 15 is 0 Å². The molecule has 0 aliphatic carbocycles. The lowest BCUT2D eigenvalue weighted by Gasteiger charge is -2.19. The minimum atomic E-state index is 0.729. The van der Waals surface area contributed by atoms with Crippen molar-refractivity contribution in [1.82, 2.24) is 23.7 Å². The third kappa shape index (κ3) is 5.11. The van der Waals surface area contributed by atoms with Crippen LogP contribution in [0.25, 0.3) is 83.3 Å². The van der Waals surface area contributed by atoms with E-state index in [1.165, 1.54) is 5.39 Å². The third-order valence-corrected chi connectivity index (χ3v) is 10.7. The number of pyridine rings is 1. The Hall–Kier alpha value is -7.70. The number of hydrogen-bond acceptors (Lipinski definition) is 3. The fourth-order valence-corrected chi connectivity index (χ4v) is 8.25. The van der Waals surface area contributed by atoms with Gasteiger partial charge in [0.1, 0.15) is 17.1 Å². The highest BCUT2D eigenvalue weighted by Gasteiger charge is 2.22. The van der Waals surface area contributed by atoms with Crippen molar-refractivity contribution in [1.29, 1.82) is 0 Å². The number of fused-ring (bicyclic) bond motifs is 6. The van der Waals surface area contributed by atoms with E-state index in [9.17, 15) is 0 Å². The highest BCUT2D eigenvalue weighted by atomic mass is 16.5. The molecule has 0 aliphatic heterocycles. The molecule has 0 radical (unpaired) electrons. The smallest absolute Gasteiger partial charge is 0.219 e. The van der Waals surface area contributed by atoms with Gasteiger partial charge in [0.15, 0.2) is 0 Å². The zero-order chi connectivity index (χ0) is 37.0. The Labute approximate surface area is 322 Å². The van der Waals surface area contributed by atoms with Crippen LogP contribution in [0.15, 0.2) is 201 Å². The second-order valence-corrected chi connectivity index (χ2v) is 13.9. The van der Waals surface area contributed by atoms with Crippen LogP contribution >= 0.6 is 0 Å². The molecular formula is C50H33N5O. The summed E-state index contributed by atoms with van der Waals surface area (Å²) in [6.45, 7) is 0. The molecule has 0 N–H and O–H groups in total. The number of hydrogen-bond donors (Lipinski definition) is 0. The predicted octanol–water partition coefficient (Wildman–Crippen LogP) is 12.6. The number of para-hydroxylation sites is 3. The molecule has 0 bridgehead atoms. The molecule has 264 valence electrons. The van der Waals surface area contributed by atoms with Gasteiger partial charge in [-0.2, -0.15) is 0 Å². The van der Waals surface area contributed by atoms with Crippen molar-refractivity contribution in [2.45, 2.75) is 0 Å². The Balaban J connectivity index is 1.07. The molecule has 4 aromatic heterocycles. The number of imidazole rings is 1. The number of ether oxygens (including phenoxy) is 1. The fraction of sp³-hybridized carbons (Fsp3) is 0. The Morgan fingerprint density at radius 1 is 0.411 bits per heavy atom. The van der Waals surface area contributed by atoms with Crippen LogP contribution in [0.3, 0.4) is 0 Å². The van der Waals surface area contributed by atoms with Crippen molar-refractivity contribution < 1.29 is 4.74 Å². The first kappa shape index (κ1) is 31.8. The van der Waals surface area contributed by atoms with Crippen molar-refractivity contribution in [2.75, 3.05) is 0 Å². The number of benzene rings is 7. The quantitative estimate of drug-likeness (QED) is 0.165. The molecule has 0 fully saturated rings. The number of rotatable bonds is 7. The van der Waals surface area contributed by atoms with Crippen molar-refractivity contribution >= 4 is 43.7 Å². The van der Waals surface area contributed by atoms with Crippen molar-refractivity contribution in [3.8, 4) is 51.1 Å². The minimum Gasteiger partial charge on any atom is -0.457 e. The van der Waals surface area contributed by atoms with Crippen molar-refractivity contribution in [3.05, 3.63) is 201 Å². The van der Waals surface area contributed by atoms with E-state index in [0.717, 1.165) is 89.4 Å². The lowest BCUT2D eigenvalue weighted by Crippen LogP contribution is -2.07. The maximum atomic E-state index is 6.71. The number of aromatic nitrogens is 5. The number of nitrogens with zero attached hydrogens (tertiary/aromatic N) is 5. The molecule has 0 unspecified atom stereocenters. The van der Waals surface area contributed by atoms with Crippen LogP contribution in [0.5, 0.6) is 11.5 Å². The van der Waals surface area contributed by atoms with Crippen LogP contribution in [-0.2, 0) is 0 Å². The van der Waals surface area contributed by atoms with E-state index in [1.54, 1.807) is 0 Å². The maximum absolute atomic E-state index is 6.71. The monoisotopic (exact) mass is 719 g/mol. The normalized spacial score (nSPS) is 11.6. The van der Waals surface area contributed by atoms with Gasteiger partial charge in [-0.1, -0.05) is 121 Å². The van der Waals surface area contributed by atoms with Gasteiger partial charge in [0.05, 0.1) is 27.9 Å². The summed E-state index contributed by atoms with van der Waals surface area (Å²) in [7, 11) is 0. The third-order valence-electron chi connectivity index (χ3n) is 10.7. The van der Waals surface area contributed by atoms with Gasteiger partial charge in [-0.3, -0.25) is 13.7 Å². The molecule has 0 aliphatic rings. The van der Waals surface area contributed by atoms with Gasteiger partial charge >= 0.3 is 0 Å². The first-order valence-corrected chi connectivity index (χ1v) is 18.7. The van der Waals surface area contributed by atoms with Crippen LogP contribution in [0, 0.1) is 0 Å². The molecule has 0 spiro atoms. The van der Waals surface area contributed by atoms with Gasteiger partial charge in [-0.15, -0.1) is 0 Å². The van der Waals surface area contributed by atoms with E-state index in [1.807, 2.05) is 30.6 Å². The van der Waals surface area contributed by atoms with Crippen LogP contribution in [0.2, 0.25) is 0 Å². The van der Waals surface area contributed by atoms with Gasteiger partial charge in [-0.25, -0.2) is 9.97 Å². The van der Waals surface area contributed by atoms with Crippen molar-refractivity contribution in [3.63, 3.8) is 0 Å². The summed E-state index contributed by atoms with van der Waals surface area (Å²) in [4.78, 5) is 9.87. The zero-order valence-corrected chi connectivity index (χ0v) is 30.2. The summed E-state index contributed by atoms with van der Waals surface area (Å²) in [6, 6.07) is 63.3. The molecule has 6 nitrogen and oxygen atoms in total. The Morgan fingerprint density at radius 2 is 1.02 bits per heavy atom. The molecule has 0 atom stereocenters. The van der Waals surface area contributed by atoms with Gasteiger partial charge in [0.25, 0.3) is 0 Å². The Morgan fingerprint density at radius 3 is 1.77 bits per heavy atom. The Bertz CT molecular complexity index is 3120. The molecule has 0 saturated carbocycles. The molecule has 6 heteroatoms. The molecule has 0 amide bonds. The van der Waals surface area contributed by atoms with Gasteiger partial charge < -0.3 is 4.74 Å². The zero-order valence-electron chi connectivity index (χ0n) is 30.2. The van der Waals surface area contributed by atoms with Crippen LogP contribution < -0.4 is 4.74 Å². The summed E-state index contributed by atoms with van der Waals surface area (Å²) in [5.41, 5.74) is 10.6. The highest BCUT2D eigenvalue weighted by molar-refractivity contribution is 6.10. The standard InChI is InChI=1S/C50H33N5O/c1-3-14-34(15-4-1)39-22-12-23-40(35-16-5-2-6-17-35)48(39)53-31-30-52-50(53)55-46-26-10-7-20-41(46)43-28-27-38(33-47(43)55)56-37-19-11-18-36(32-37)54-45-25-9-8-21-42(45)44-24-13-29-51-49(44)54/h1-33H. The van der Waals surface area contributed by atoms with E-state index in [2.05, 4.69) is 184 Å². The largest absolute Gasteiger partial charge is 0.457 e. The topological polar surface area (TPSA) is 49.8 Å².